The molecule has 18 heavy (non-hydrogen) atoms. The van der Waals surface area contributed by atoms with Crippen molar-refractivity contribution in [3.05, 3.63) is 29.6 Å². The predicted octanol–water partition coefficient (Wildman–Crippen LogP) is 1.93. The van der Waals surface area contributed by atoms with Gasteiger partial charge in [0.2, 0.25) is 0 Å². The van der Waals surface area contributed by atoms with Crippen molar-refractivity contribution in [1.82, 2.24) is 10.3 Å². The maximum Gasteiger partial charge on any atom is 0.417 e. The van der Waals surface area contributed by atoms with Crippen molar-refractivity contribution < 1.29 is 18.0 Å². The summed E-state index contributed by atoms with van der Waals surface area (Å²) in [5.74, 6) is -0.127. The average Bonchev–Trinajstić information content (AvgIpc) is 2.80. The molecule has 1 N–H and O–H groups in total. The third-order valence-corrected chi connectivity index (χ3v) is 3.07. The fourth-order valence-corrected chi connectivity index (χ4v) is 2.12. The van der Waals surface area contributed by atoms with E-state index in [-0.39, 0.29) is 0 Å². The molecule has 96 valence electrons. The highest BCUT2D eigenvalue weighted by Gasteiger charge is 2.35. The van der Waals surface area contributed by atoms with Crippen LogP contribution >= 0.6 is 11.8 Å². The normalized spacial score (nSPS) is 15.4. The van der Waals surface area contributed by atoms with Crippen LogP contribution in [0.15, 0.2) is 23.5 Å². The Balaban J connectivity index is 2.24. The molecule has 0 aliphatic carbocycles. The van der Waals surface area contributed by atoms with Gasteiger partial charge in [-0.2, -0.15) is 13.2 Å². The van der Waals surface area contributed by atoms with E-state index in [9.17, 15) is 18.0 Å². The van der Waals surface area contributed by atoms with E-state index in [4.69, 9.17) is 0 Å². The zero-order valence-corrected chi connectivity index (χ0v) is 9.81. The second kappa shape index (κ2) is 4.97. The van der Waals surface area contributed by atoms with E-state index in [0.717, 1.165) is 24.2 Å². The first kappa shape index (κ1) is 12.9. The quantitative estimate of drug-likeness (QED) is 0.852. The first-order chi connectivity index (χ1) is 8.48. The molecule has 1 aliphatic heterocycles. The number of hydrogen-bond acceptors (Lipinski definition) is 4. The maximum absolute atomic E-state index is 12.7. The first-order valence-corrected chi connectivity index (χ1v) is 5.97. The molecule has 0 fully saturated rings. The highest BCUT2D eigenvalue weighted by molar-refractivity contribution is 8.14. The third-order valence-electron chi connectivity index (χ3n) is 2.18. The van der Waals surface area contributed by atoms with Gasteiger partial charge in [-0.3, -0.25) is 14.8 Å². The van der Waals surface area contributed by atoms with Crippen LogP contribution in [-0.4, -0.2) is 28.4 Å². The summed E-state index contributed by atoms with van der Waals surface area (Å²) < 4.78 is 38.0. The topological polar surface area (TPSA) is 54.4 Å². The van der Waals surface area contributed by atoms with Crippen molar-refractivity contribution in [2.75, 3.05) is 12.3 Å². The molecule has 0 radical (unpaired) electrons. The number of carbonyl (C=O) groups is 1. The van der Waals surface area contributed by atoms with Crippen molar-refractivity contribution in [1.29, 1.82) is 0 Å². The fourth-order valence-electron chi connectivity index (χ4n) is 1.40. The Morgan fingerprint density at radius 1 is 1.44 bits per heavy atom. The number of aliphatic imine (C=N–C) groups is 1. The minimum absolute atomic E-state index is 0.344. The number of amidine groups is 1. The molecule has 4 nitrogen and oxygen atoms in total. The van der Waals surface area contributed by atoms with Gasteiger partial charge in [-0.15, -0.1) is 0 Å². The summed E-state index contributed by atoms with van der Waals surface area (Å²) in [5, 5.41) is 2.69. The lowest BCUT2D eigenvalue weighted by molar-refractivity contribution is -0.138. The molecular weight excluding hydrogens is 267 g/mol. The molecule has 0 atom stereocenters. The lowest BCUT2D eigenvalue weighted by atomic mass is 10.1. The summed E-state index contributed by atoms with van der Waals surface area (Å²) in [6, 6.07) is 0.776. The first-order valence-electron chi connectivity index (χ1n) is 4.98. The number of carbonyl (C=O) groups excluding carboxylic acids is 1. The van der Waals surface area contributed by atoms with Crippen molar-refractivity contribution in [2.24, 2.45) is 4.99 Å². The number of pyridine rings is 1. The van der Waals surface area contributed by atoms with E-state index >= 15 is 0 Å². The summed E-state index contributed by atoms with van der Waals surface area (Å²) >= 11 is 1.30. The SMILES string of the molecule is O=C(NC1=NCCS1)c1cnccc1C(F)(F)F. The Bertz CT molecular complexity index is 501. The minimum atomic E-state index is -4.58. The van der Waals surface area contributed by atoms with Crippen molar-refractivity contribution in [3.8, 4) is 0 Å². The highest BCUT2D eigenvalue weighted by Crippen LogP contribution is 2.31. The molecule has 2 heterocycles. The van der Waals surface area contributed by atoms with Gasteiger partial charge in [0.25, 0.3) is 5.91 Å². The fraction of sp³-hybridized carbons (Fsp3) is 0.300. The standard InChI is InChI=1S/C10H8F3N3OS/c11-10(12,13)7-1-2-14-5-6(7)8(17)16-9-15-3-4-18-9/h1-2,5H,3-4H2,(H,15,16,17). The van der Waals surface area contributed by atoms with Crippen molar-refractivity contribution >= 4 is 22.8 Å². The Morgan fingerprint density at radius 2 is 2.22 bits per heavy atom. The second-order valence-electron chi connectivity index (χ2n) is 3.41. The van der Waals surface area contributed by atoms with Crippen LogP contribution in [0.25, 0.3) is 0 Å². The van der Waals surface area contributed by atoms with Gasteiger partial charge in [0, 0.05) is 18.1 Å². The third kappa shape index (κ3) is 2.81. The average molecular weight is 275 g/mol. The Morgan fingerprint density at radius 3 is 2.83 bits per heavy atom. The highest BCUT2D eigenvalue weighted by atomic mass is 32.2. The molecule has 0 spiro atoms. The second-order valence-corrected chi connectivity index (χ2v) is 4.49. The molecule has 1 aromatic heterocycles. The van der Waals surface area contributed by atoms with Crippen LogP contribution in [0.4, 0.5) is 13.2 Å². The van der Waals surface area contributed by atoms with Gasteiger partial charge >= 0.3 is 6.18 Å². The van der Waals surface area contributed by atoms with Crippen LogP contribution in [0.3, 0.4) is 0 Å². The van der Waals surface area contributed by atoms with E-state index in [2.05, 4.69) is 15.3 Å². The van der Waals surface area contributed by atoms with Gasteiger partial charge in [-0.05, 0) is 6.07 Å². The number of nitrogens with one attached hydrogen (secondary N) is 1. The molecule has 0 saturated carbocycles. The summed E-state index contributed by atoms with van der Waals surface area (Å²) in [5.41, 5.74) is -1.50. The number of rotatable bonds is 1. The number of thioether (sulfide) groups is 1. The monoisotopic (exact) mass is 275 g/mol. The summed E-state index contributed by atoms with van der Waals surface area (Å²) in [6.45, 7) is 0.555. The van der Waals surface area contributed by atoms with Crippen LogP contribution in [0.2, 0.25) is 0 Å². The summed E-state index contributed by atoms with van der Waals surface area (Å²) in [7, 11) is 0. The van der Waals surface area contributed by atoms with E-state index < -0.39 is 23.2 Å². The molecule has 0 bridgehead atoms. The molecule has 1 amide bonds. The number of hydrogen-bond donors (Lipinski definition) is 1. The lowest BCUT2D eigenvalue weighted by Crippen LogP contribution is -2.29. The number of alkyl halides is 3. The lowest BCUT2D eigenvalue weighted by Gasteiger charge is -2.11. The van der Waals surface area contributed by atoms with Crippen LogP contribution in [0, 0.1) is 0 Å². The van der Waals surface area contributed by atoms with Gasteiger partial charge in [0.15, 0.2) is 5.17 Å². The van der Waals surface area contributed by atoms with Crippen LogP contribution < -0.4 is 5.32 Å². The smallest absolute Gasteiger partial charge is 0.301 e. The molecule has 1 aromatic rings. The zero-order chi connectivity index (χ0) is 13.2. The van der Waals surface area contributed by atoms with Gasteiger partial charge < -0.3 is 5.32 Å². The van der Waals surface area contributed by atoms with Crippen LogP contribution in [0.1, 0.15) is 15.9 Å². The molecule has 0 aromatic carbocycles. The molecule has 0 unspecified atom stereocenters. The Kier molecular flexibility index (Phi) is 3.55. The Hall–Kier alpha value is -1.57. The van der Waals surface area contributed by atoms with Crippen molar-refractivity contribution in [3.63, 3.8) is 0 Å². The van der Waals surface area contributed by atoms with Crippen LogP contribution in [0.5, 0.6) is 0 Å². The van der Waals surface area contributed by atoms with E-state index in [1.807, 2.05) is 0 Å². The molecule has 2 rings (SSSR count). The number of halogens is 3. The zero-order valence-electron chi connectivity index (χ0n) is 8.99. The van der Waals surface area contributed by atoms with Crippen molar-refractivity contribution in [2.45, 2.75) is 6.18 Å². The Labute approximate surface area is 105 Å². The van der Waals surface area contributed by atoms with E-state index in [1.165, 1.54) is 11.8 Å². The van der Waals surface area contributed by atoms with Gasteiger partial charge in [0.05, 0.1) is 17.7 Å². The van der Waals surface area contributed by atoms with Gasteiger partial charge in [0.1, 0.15) is 0 Å². The summed E-state index contributed by atoms with van der Waals surface area (Å²) in [6.07, 6.45) is -2.68. The molecule has 8 heteroatoms. The maximum atomic E-state index is 12.7. The number of amides is 1. The molecule has 0 saturated heterocycles. The molecule has 1 aliphatic rings. The predicted molar refractivity (Wildman–Crippen MR) is 61.5 cm³/mol. The molecular formula is C10H8F3N3OS. The minimum Gasteiger partial charge on any atom is -0.301 e. The van der Waals surface area contributed by atoms with Gasteiger partial charge in [-0.25, -0.2) is 0 Å². The van der Waals surface area contributed by atoms with E-state index in [1.54, 1.807) is 0 Å². The van der Waals surface area contributed by atoms with E-state index in [0.29, 0.717) is 11.7 Å². The van der Waals surface area contributed by atoms with Crippen LogP contribution in [-0.2, 0) is 6.18 Å². The number of nitrogens with zero attached hydrogens (tertiary/aromatic N) is 2. The number of aromatic nitrogens is 1. The van der Waals surface area contributed by atoms with Gasteiger partial charge in [-0.1, -0.05) is 11.8 Å². The summed E-state index contributed by atoms with van der Waals surface area (Å²) in [4.78, 5) is 19.2. The largest absolute Gasteiger partial charge is 0.417 e.